The number of nitrogens with zero attached hydrogens (tertiary/aromatic N) is 2. The number of amides is 1. The lowest BCUT2D eigenvalue weighted by molar-refractivity contribution is -0.114. The predicted molar refractivity (Wildman–Crippen MR) is 94.7 cm³/mol. The first kappa shape index (κ1) is 15.5. The number of aromatic nitrogens is 2. The van der Waals surface area contributed by atoms with Gasteiger partial charge in [-0.15, -0.1) is 11.3 Å². The molecule has 0 radical (unpaired) electrons. The third kappa shape index (κ3) is 3.35. The number of hydrogen-bond donors (Lipinski definition) is 1. The average Bonchev–Trinajstić information content (AvgIpc) is 3.21. The van der Waals surface area contributed by atoms with Crippen LogP contribution >= 0.6 is 11.3 Å². The van der Waals surface area contributed by atoms with Crippen molar-refractivity contribution in [3.05, 3.63) is 59.0 Å². The highest BCUT2D eigenvalue weighted by Gasteiger charge is 2.17. The lowest BCUT2D eigenvalue weighted by atomic mass is 10.1. The Labute approximate surface area is 139 Å². The Hall–Kier alpha value is -2.40. The standard InChI is InChI=1S/C18H19N3OS/c1-3-16(17-5-4-12-23-17)21-11-10-19-18(21)14-6-8-15(9-7-14)20-13(2)22/h4-12,16H,3H2,1-2H3,(H,20,22). The van der Waals surface area contributed by atoms with Gasteiger partial charge in [-0.25, -0.2) is 4.98 Å². The summed E-state index contributed by atoms with van der Waals surface area (Å²) in [5.41, 5.74) is 1.84. The normalized spacial score (nSPS) is 12.1. The summed E-state index contributed by atoms with van der Waals surface area (Å²) in [4.78, 5) is 17.0. The highest BCUT2D eigenvalue weighted by atomic mass is 32.1. The van der Waals surface area contributed by atoms with Crippen molar-refractivity contribution >= 4 is 22.9 Å². The van der Waals surface area contributed by atoms with E-state index in [4.69, 9.17) is 0 Å². The Balaban J connectivity index is 1.92. The number of imidazole rings is 1. The van der Waals surface area contributed by atoms with E-state index in [0.717, 1.165) is 23.5 Å². The molecule has 1 atom stereocenters. The third-order valence-corrected chi connectivity index (χ3v) is 4.70. The van der Waals surface area contributed by atoms with Crippen molar-refractivity contribution in [1.82, 2.24) is 9.55 Å². The van der Waals surface area contributed by atoms with Crippen molar-refractivity contribution in [3.63, 3.8) is 0 Å². The number of anilines is 1. The molecule has 2 aromatic heterocycles. The zero-order chi connectivity index (χ0) is 16.2. The molecule has 0 aliphatic carbocycles. The van der Waals surface area contributed by atoms with Crippen molar-refractivity contribution in [3.8, 4) is 11.4 Å². The molecule has 0 saturated heterocycles. The lowest BCUT2D eigenvalue weighted by Crippen LogP contribution is -2.09. The van der Waals surface area contributed by atoms with Gasteiger partial charge in [0.25, 0.3) is 0 Å². The van der Waals surface area contributed by atoms with E-state index >= 15 is 0 Å². The van der Waals surface area contributed by atoms with Gasteiger partial charge >= 0.3 is 0 Å². The molecule has 0 aliphatic heterocycles. The summed E-state index contributed by atoms with van der Waals surface area (Å²) in [6.45, 7) is 3.70. The fraction of sp³-hybridized carbons (Fsp3) is 0.222. The Kier molecular flexibility index (Phi) is 4.57. The van der Waals surface area contributed by atoms with Gasteiger partial charge in [0.05, 0.1) is 6.04 Å². The van der Waals surface area contributed by atoms with Crippen LogP contribution < -0.4 is 5.32 Å². The number of carbonyl (C=O) groups excluding carboxylic acids is 1. The second-order valence-electron chi connectivity index (χ2n) is 5.36. The van der Waals surface area contributed by atoms with Gasteiger partial charge in [-0.1, -0.05) is 13.0 Å². The first-order chi connectivity index (χ1) is 11.2. The Morgan fingerprint density at radius 1 is 1.30 bits per heavy atom. The Morgan fingerprint density at radius 2 is 2.09 bits per heavy atom. The number of rotatable bonds is 5. The van der Waals surface area contributed by atoms with Crippen LogP contribution in [0.2, 0.25) is 0 Å². The molecule has 0 bridgehead atoms. The van der Waals surface area contributed by atoms with E-state index in [1.165, 1.54) is 11.8 Å². The number of benzene rings is 1. The fourth-order valence-electron chi connectivity index (χ4n) is 2.71. The molecule has 3 aromatic rings. The minimum Gasteiger partial charge on any atom is -0.326 e. The third-order valence-electron chi connectivity index (χ3n) is 3.73. The van der Waals surface area contributed by atoms with Gasteiger partial charge in [0.15, 0.2) is 0 Å². The monoisotopic (exact) mass is 325 g/mol. The maximum absolute atomic E-state index is 11.1. The predicted octanol–water partition coefficient (Wildman–Crippen LogP) is 4.57. The van der Waals surface area contributed by atoms with Crippen molar-refractivity contribution in [2.24, 2.45) is 0 Å². The van der Waals surface area contributed by atoms with Crippen LogP contribution in [0.15, 0.2) is 54.2 Å². The summed E-state index contributed by atoms with van der Waals surface area (Å²) in [5, 5.41) is 4.89. The first-order valence-corrected chi connectivity index (χ1v) is 8.51. The molecule has 4 nitrogen and oxygen atoms in total. The van der Waals surface area contributed by atoms with Gasteiger partial charge in [-0.2, -0.15) is 0 Å². The van der Waals surface area contributed by atoms with Gasteiger partial charge in [0.1, 0.15) is 5.82 Å². The summed E-state index contributed by atoms with van der Waals surface area (Å²) in [7, 11) is 0. The van der Waals surface area contributed by atoms with E-state index in [1.807, 2.05) is 36.7 Å². The van der Waals surface area contributed by atoms with Crippen molar-refractivity contribution in [2.75, 3.05) is 5.32 Å². The molecule has 3 rings (SSSR count). The molecule has 23 heavy (non-hydrogen) atoms. The van der Waals surface area contributed by atoms with E-state index in [1.54, 1.807) is 11.3 Å². The van der Waals surface area contributed by atoms with Gasteiger partial charge in [0, 0.05) is 35.4 Å². The van der Waals surface area contributed by atoms with Gasteiger partial charge in [0.2, 0.25) is 5.91 Å². The number of thiophene rings is 1. The second kappa shape index (κ2) is 6.79. The van der Waals surface area contributed by atoms with Crippen molar-refractivity contribution in [1.29, 1.82) is 0 Å². The van der Waals surface area contributed by atoms with Crippen LogP contribution in [0.4, 0.5) is 5.69 Å². The molecule has 0 saturated carbocycles. The van der Waals surface area contributed by atoms with Crippen LogP contribution in [0.3, 0.4) is 0 Å². The summed E-state index contributed by atoms with van der Waals surface area (Å²) >= 11 is 1.77. The number of nitrogens with one attached hydrogen (secondary N) is 1. The van der Waals surface area contributed by atoms with E-state index in [-0.39, 0.29) is 5.91 Å². The van der Waals surface area contributed by atoms with E-state index < -0.39 is 0 Å². The second-order valence-corrected chi connectivity index (χ2v) is 6.34. The quantitative estimate of drug-likeness (QED) is 0.747. The average molecular weight is 325 g/mol. The van der Waals surface area contributed by atoms with Crippen LogP contribution in [0, 0.1) is 0 Å². The molecule has 1 amide bonds. The SMILES string of the molecule is CCC(c1cccs1)n1ccnc1-c1ccc(NC(C)=O)cc1. The molecule has 1 aromatic carbocycles. The molecule has 0 aliphatic rings. The molecule has 1 unspecified atom stereocenters. The largest absolute Gasteiger partial charge is 0.326 e. The molecule has 0 spiro atoms. The molecule has 0 fully saturated rings. The minimum atomic E-state index is -0.0667. The molecule has 5 heteroatoms. The lowest BCUT2D eigenvalue weighted by Gasteiger charge is -2.18. The molecule has 2 heterocycles. The molecule has 118 valence electrons. The van der Waals surface area contributed by atoms with Crippen LogP contribution in [0.25, 0.3) is 11.4 Å². The van der Waals surface area contributed by atoms with Crippen LogP contribution in [-0.4, -0.2) is 15.5 Å². The Morgan fingerprint density at radius 3 is 2.70 bits per heavy atom. The zero-order valence-electron chi connectivity index (χ0n) is 13.2. The highest BCUT2D eigenvalue weighted by molar-refractivity contribution is 7.10. The van der Waals surface area contributed by atoms with E-state index in [0.29, 0.717) is 6.04 Å². The summed E-state index contributed by atoms with van der Waals surface area (Å²) in [6.07, 6.45) is 4.88. The molecular weight excluding hydrogens is 306 g/mol. The number of hydrogen-bond acceptors (Lipinski definition) is 3. The topological polar surface area (TPSA) is 46.9 Å². The van der Waals surface area contributed by atoms with Gasteiger partial charge in [-0.3, -0.25) is 4.79 Å². The van der Waals surface area contributed by atoms with Crippen molar-refractivity contribution < 1.29 is 4.79 Å². The van der Waals surface area contributed by atoms with Crippen LogP contribution in [-0.2, 0) is 4.79 Å². The smallest absolute Gasteiger partial charge is 0.221 e. The summed E-state index contributed by atoms with van der Waals surface area (Å²) in [6, 6.07) is 12.3. The maximum Gasteiger partial charge on any atom is 0.221 e. The van der Waals surface area contributed by atoms with Crippen molar-refractivity contribution in [2.45, 2.75) is 26.3 Å². The van der Waals surface area contributed by atoms with E-state index in [2.05, 4.69) is 39.3 Å². The summed E-state index contributed by atoms with van der Waals surface area (Å²) in [5.74, 6) is 0.877. The minimum absolute atomic E-state index is 0.0667. The van der Waals surface area contributed by atoms with E-state index in [9.17, 15) is 4.79 Å². The highest BCUT2D eigenvalue weighted by Crippen LogP contribution is 2.30. The maximum atomic E-state index is 11.1. The van der Waals surface area contributed by atoms with Gasteiger partial charge in [-0.05, 0) is 42.1 Å². The fourth-order valence-corrected chi connectivity index (χ4v) is 3.62. The molecular formula is C18H19N3OS. The van der Waals surface area contributed by atoms with Crippen LogP contribution in [0.1, 0.15) is 31.2 Å². The zero-order valence-corrected chi connectivity index (χ0v) is 14.0. The van der Waals surface area contributed by atoms with Gasteiger partial charge < -0.3 is 9.88 Å². The van der Waals surface area contributed by atoms with Crippen LogP contribution in [0.5, 0.6) is 0 Å². The number of carbonyl (C=O) groups is 1. The molecule has 1 N–H and O–H groups in total. The first-order valence-electron chi connectivity index (χ1n) is 7.63. The Bertz CT molecular complexity index is 775. The summed E-state index contributed by atoms with van der Waals surface area (Å²) < 4.78 is 2.22.